The lowest BCUT2D eigenvalue weighted by atomic mass is 10.2. The maximum atomic E-state index is 12.9. The molecule has 1 aromatic heterocycles. The molecule has 0 aliphatic carbocycles. The van der Waals surface area contributed by atoms with Gasteiger partial charge < -0.3 is 0 Å². The summed E-state index contributed by atoms with van der Waals surface area (Å²) in [5, 5.41) is 2.29. The summed E-state index contributed by atoms with van der Waals surface area (Å²) in [6.45, 7) is 2.40. The first kappa shape index (κ1) is 17.5. The van der Waals surface area contributed by atoms with Gasteiger partial charge in [0.25, 0.3) is 5.91 Å². The number of nitrogens with zero attached hydrogens (tertiary/aromatic N) is 2. The number of carbonyl (C=O) groups excluding carboxylic acids is 2. The second-order valence-corrected chi connectivity index (χ2v) is 8.40. The Morgan fingerprint density at radius 3 is 2.75 bits per heavy atom. The van der Waals surface area contributed by atoms with Crippen LogP contribution in [0.25, 0.3) is 0 Å². The van der Waals surface area contributed by atoms with Crippen molar-refractivity contribution in [2.45, 2.75) is 35.8 Å². The summed E-state index contributed by atoms with van der Waals surface area (Å²) in [5.74, 6) is -0.371. The van der Waals surface area contributed by atoms with Crippen LogP contribution in [0.5, 0.6) is 0 Å². The quantitative estimate of drug-likeness (QED) is 0.739. The van der Waals surface area contributed by atoms with Crippen molar-refractivity contribution in [2.24, 2.45) is 0 Å². The number of thiazole rings is 1. The molecule has 1 aliphatic rings. The molecule has 0 radical (unpaired) electrons. The average molecular weight is 381 g/mol. The molecule has 2 heterocycles. The normalized spacial score (nSPS) is 18.5. The number of halogens is 1. The number of aryl methyl sites for hydroxylation is 1. The van der Waals surface area contributed by atoms with Crippen molar-refractivity contribution in [3.63, 3.8) is 0 Å². The molecule has 1 saturated heterocycles. The first-order valence-corrected chi connectivity index (χ1v) is 9.88. The third-order valence-corrected chi connectivity index (χ3v) is 6.41. The van der Waals surface area contributed by atoms with E-state index in [9.17, 15) is 9.59 Å². The number of amides is 2. The largest absolute Gasteiger partial charge is 0.278 e. The Labute approximate surface area is 154 Å². The second kappa shape index (κ2) is 7.68. The van der Waals surface area contributed by atoms with E-state index in [2.05, 4.69) is 4.98 Å². The Kier molecular flexibility index (Phi) is 5.58. The van der Waals surface area contributed by atoms with Crippen molar-refractivity contribution in [3.8, 4) is 0 Å². The van der Waals surface area contributed by atoms with Gasteiger partial charge in [-0.25, -0.2) is 4.98 Å². The van der Waals surface area contributed by atoms with E-state index in [1.807, 2.05) is 12.3 Å². The number of benzene rings is 1. The van der Waals surface area contributed by atoms with Crippen molar-refractivity contribution < 1.29 is 9.59 Å². The Morgan fingerprint density at radius 2 is 2.08 bits per heavy atom. The smallest absolute Gasteiger partial charge is 0.260 e. The highest BCUT2D eigenvalue weighted by molar-refractivity contribution is 8.02. The van der Waals surface area contributed by atoms with E-state index in [1.54, 1.807) is 35.6 Å². The second-order valence-electron chi connectivity index (χ2n) is 5.66. The van der Waals surface area contributed by atoms with Crippen molar-refractivity contribution in [1.82, 2.24) is 9.88 Å². The molecule has 126 valence electrons. The van der Waals surface area contributed by atoms with Crippen LogP contribution in [-0.4, -0.2) is 33.5 Å². The zero-order valence-electron chi connectivity index (χ0n) is 13.2. The summed E-state index contributed by atoms with van der Waals surface area (Å²) >= 11 is 8.88. The third kappa shape index (κ3) is 3.99. The lowest BCUT2D eigenvalue weighted by Crippen LogP contribution is -2.41. The summed E-state index contributed by atoms with van der Waals surface area (Å²) in [6.07, 6.45) is 2.53. The molecule has 2 aromatic rings. The fraction of sp³-hybridized carbons (Fsp3) is 0.353. The number of likely N-dealkylation sites (tertiary alicyclic amines) is 1. The molecule has 0 spiro atoms. The van der Waals surface area contributed by atoms with Gasteiger partial charge in [-0.2, -0.15) is 0 Å². The minimum absolute atomic E-state index is 0.120. The standard InChI is InChI=1S/C17H17ClN2O2S2/c1-11-10-23-17(19-11)24-14-4-2-3-9-20(16(14)22)15(21)12-5-7-13(18)8-6-12/h5-8,10,14H,2-4,9H2,1H3/t14-/m1/s1. The Bertz CT molecular complexity index is 745. The lowest BCUT2D eigenvalue weighted by Gasteiger charge is -2.22. The van der Waals surface area contributed by atoms with Gasteiger partial charge in [0, 0.05) is 28.2 Å². The van der Waals surface area contributed by atoms with Crippen LogP contribution in [0, 0.1) is 6.92 Å². The summed E-state index contributed by atoms with van der Waals surface area (Å²) in [7, 11) is 0. The zero-order valence-corrected chi connectivity index (χ0v) is 15.6. The van der Waals surface area contributed by atoms with Gasteiger partial charge in [0.15, 0.2) is 4.34 Å². The van der Waals surface area contributed by atoms with Crippen LogP contribution < -0.4 is 0 Å². The van der Waals surface area contributed by atoms with E-state index in [1.165, 1.54) is 16.7 Å². The highest BCUT2D eigenvalue weighted by Gasteiger charge is 2.32. The Morgan fingerprint density at radius 1 is 1.33 bits per heavy atom. The van der Waals surface area contributed by atoms with Crippen molar-refractivity contribution in [2.75, 3.05) is 6.54 Å². The predicted octanol–water partition coefficient (Wildman–Crippen LogP) is 4.42. The predicted molar refractivity (Wildman–Crippen MR) is 97.8 cm³/mol. The van der Waals surface area contributed by atoms with E-state index in [0.29, 0.717) is 17.1 Å². The van der Waals surface area contributed by atoms with Crippen molar-refractivity contribution in [3.05, 3.63) is 45.9 Å². The highest BCUT2D eigenvalue weighted by Crippen LogP contribution is 2.32. The molecule has 0 N–H and O–H groups in total. The molecule has 1 fully saturated rings. The number of hydrogen-bond donors (Lipinski definition) is 0. The first-order valence-electron chi connectivity index (χ1n) is 7.74. The molecule has 0 bridgehead atoms. The molecule has 0 saturated carbocycles. The molecular formula is C17H17ClN2O2S2. The number of carbonyl (C=O) groups is 2. The molecule has 1 atom stereocenters. The van der Waals surface area contributed by atoms with Gasteiger partial charge in [0.2, 0.25) is 5.91 Å². The van der Waals surface area contributed by atoms with Crippen LogP contribution in [-0.2, 0) is 4.79 Å². The number of imide groups is 1. The monoisotopic (exact) mass is 380 g/mol. The molecule has 1 aromatic carbocycles. The molecule has 4 nitrogen and oxygen atoms in total. The van der Waals surface area contributed by atoms with Crippen molar-refractivity contribution in [1.29, 1.82) is 0 Å². The van der Waals surface area contributed by atoms with Gasteiger partial charge in [-0.3, -0.25) is 14.5 Å². The summed E-state index contributed by atoms with van der Waals surface area (Å²) < 4.78 is 0.881. The topological polar surface area (TPSA) is 50.3 Å². The van der Waals surface area contributed by atoms with E-state index in [-0.39, 0.29) is 17.1 Å². The fourth-order valence-electron chi connectivity index (χ4n) is 2.57. The summed E-state index contributed by atoms with van der Waals surface area (Å²) in [5.41, 5.74) is 1.45. The molecule has 1 aliphatic heterocycles. The number of aromatic nitrogens is 1. The Balaban J connectivity index is 1.78. The van der Waals surface area contributed by atoms with Crippen LogP contribution in [0.4, 0.5) is 0 Å². The summed E-state index contributed by atoms with van der Waals surface area (Å²) in [6, 6.07) is 6.66. The number of rotatable bonds is 3. The molecular weight excluding hydrogens is 364 g/mol. The number of hydrogen-bond acceptors (Lipinski definition) is 5. The third-order valence-electron chi connectivity index (χ3n) is 3.82. The fourth-order valence-corrected chi connectivity index (χ4v) is 4.89. The summed E-state index contributed by atoms with van der Waals surface area (Å²) in [4.78, 5) is 31.4. The van der Waals surface area contributed by atoms with Crippen LogP contribution in [0.15, 0.2) is 34.0 Å². The van der Waals surface area contributed by atoms with E-state index in [4.69, 9.17) is 11.6 Å². The van der Waals surface area contributed by atoms with Crippen LogP contribution >= 0.6 is 34.7 Å². The first-order chi connectivity index (χ1) is 11.5. The number of thioether (sulfide) groups is 1. The molecule has 2 amide bonds. The van der Waals surface area contributed by atoms with E-state index < -0.39 is 0 Å². The Hall–Kier alpha value is -1.37. The lowest BCUT2D eigenvalue weighted by molar-refractivity contribution is -0.127. The minimum Gasteiger partial charge on any atom is -0.278 e. The maximum Gasteiger partial charge on any atom is 0.260 e. The van der Waals surface area contributed by atoms with Gasteiger partial charge in [-0.1, -0.05) is 29.8 Å². The SMILES string of the molecule is Cc1csc(S[C@@H]2CCCCN(C(=O)c3ccc(Cl)cc3)C2=O)n1. The minimum atomic E-state index is -0.255. The van der Waals surface area contributed by atoms with Gasteiger partial charge in [-0.15, -0.1) is 11.3 Å². The molecule has 0 unspecified atom stereocenters. The van der Waals surface area contributed by atoms with Crippen LogP contribution in [0.2, 0.25) is 5.02 Å². The van der Waals surface area contributed by atoms with Gasteiger partial charge >= 0.3 is 0 Å². The molecule has 7 heteroatoms. The van der Waals surface area contributed by atoms with E-state index in [0.717, 1.165) is 29.3 Å². The highest BCUT2D eigenvalue weighted by atomic mass is 35.5. The zero-order chi connectivity index (χ0) is 17.1. The van der Waals surface area contributed by atoms with E-state index >= 15 is 0 Å². The maximum absolute atomic E-state index is 12.9. The van der Waals surface area contributed by atoms with Crippen molar-refractivity contribution >= 4 is 46.5 Å². The molecule has 3 rings (SSSR count). The van der Waals surface area contributed by atoms with Crippen LogP contribution in [0.1, 0.15) is 35.3 Å². The van der Waals surface area contributed by atoms with Gasteiger partial charge in [0.1, 0.15) is 0 Å². The molecule has 24 heavy (non-hydrogen) atoms. The van der Waals surface area contributed by atoms with Gasteiger partial charge in [-0.05, 0) is 44.0 Å². The van der Waals surface area contributed by atoms with Crippen LogP contribution in [0.3, 0.4) is 0 Å². The average Bonchev–Trinajstić information content (AvgIpc) is 2.89. The van der Waals surface area contributed by atoms with Gasteiger partial charge in [0.05, 0.1) is 5.25 Å².